The molecule has 2 N–H and O–H groups in total. The average Bonchev–Trinajstić information content (AvgIpc) is 2.99. The lowest BCUT2D eigenvalue weighted by atomic mass is 10.6. The lowest BCUT2D eigenvalue weighted by Crippen LogP contribution is -2.38. The predicted octanol–water partition coefficient (Wildman–Crippen LogP) is 5.60. The summed E-state index contributed by atoms with van der Waals surface area (Å²) < 4.78 is 205. The summed E-state index contributed by atoms with van der Waals surface area (Å²) in [6.45, 7) is -10.7. The van der Waals surface area contributed by atoms with Crippen molar-refractivity contribution >= 4 is 29.2 Å². The zero-order valence-electron chi connectivity index (χ0n) is 23.6. The van der Waals surface area contributed by atoms with Gasteiger partial charge in [-0.2, -0.15) is 52.7 Å². The Kier molecular flexibility index (Phi) is 29.6. The van der Waals surface area contributed by atoms with E-state index in [1.807, 2.05) is 4.94 Å². The molecule has 0 aliphatic heterocycles. The third-order valence-corrected chi connectivity index (χ3v) is 2.79. The molecule has 0 amide bonds. The second-order valence-corrected chi connectivity index (χ2v) is 7.04. The van der Waals surface area contributed by atoms with Crippen LogP contribution in [0.2, 0.25) is 0 Å². The molecule has 0 aliphatic rings. The molecule has 13 nitrogen and oxygen atoms in total. The summed E-state index contributed by atoms with van der Waals surface area (Å²) in [5, 5.41) is 15.2. The Bertz CT molecular complexity index is 853. The van der Waals surface area contributed by atoms with Gasteiger partial charge in [0, 0.05) is 18.5 Å². The van der Waals surface area contributed by atoms with E-state index in [1.54, 1.807) is 0 Å². The highest BCUT2D eigenvalue weighted by Gasteiger charge is 2.45. The van der Waals surface area contributed by atoms with Crippen LogP contribution in [0.5, 0.6) is 0 Å². The van der Waals surface area contributed by atoms with Gasteiger partial charge < -0.3 is 29.2 Å². The molecule has 0 aromatic rings. The Morgan fingerprint density at radius 2 is 0.917 bits per heavy atom. The highest BCUT2D eigenvalue weighted by Crippen LogP contribution is 2.28. The maximum atomic E-state index is 12.3. The molecule has 0 unspecified atom stereocenters. The summed E-state index contributed by atoms with van der Waals surface area (Å²) in [6.07, 6.45) is -27.4. The Balaban J connectivity index is -0.000000167. The molecule has 0 saturated carbocycles. The Morgan fingerprint density at radius 1 is 0.583 bits per heavy atom. The van der Waals surface area contributed by atoms with Crippen molar-refractivity contribution in [3.05, 3.63) is 0 Å². The molecule has 0 aromatic carbocycles. The van der Waals surface area contributed by atoms with Crippen LogP contribution in [0.3, 0.4) is 0 Å². The fraction of sp³-hybridized carbons (Fsp3) is 0.833. The molecule has 0 aromatic heterocycles. The molecule has 48 heavy (non-hydrogen) atoms. The van der Waals surface area contributed by atoms with Gasteiger partial charge in [0.1, 0.15) is 13.2 Å². The van der Waals surface area contributed by atoms with E-state index in [2.05, 4.69) is 45.0 Å². The molecule has 0 spiro atoms. The largest absolute Gasteiger partial charge is 0.508 e. The Hall–Kier alpha value is -2.86. The number of carbonyl (C=O) groups is 3. The van der Waals surface area contributed by atoms with Crippen LogP contribution in [-0.2, 0) is 43.1 Å². The summed E-state index contributed by atoms with van der Waals surface area (Å²) in [6, 6.07) is 0. The highest BCUT2D eigenvalue weighted by molar-refractivity contribution is 6.61. The van der Waals surface area contributed by atoms with Crippen molar-refractivity contribution in [1.29, 1.82) is 0 Å². The zero-order valence-corrected chi connectivity index (χ0v) is 24.3. The van der Waals surface area contributed by atoms with Crippen LogP contribution in [0.4, 0.5) is 80.1 Å². The number of alkyl halides is 14. The van der Waals surface area contributed by atoms with Crippen molar-refractivity contribution in [3.8, 4) is 0 Å². The van der Waals surface area contributed by atoms with E-state index in [1.165, 1.54) is 7.11 Å². The minimum absolute atomic E-state index is 0.773. The standard InChI is InChI=1S/C6H7F5O3.C4H5F5O2.C4H5F3O4.C2H3ClO2.C2H3F3O2/c1-4(12)13-3-6(10,11)14-5(8,9)2-7;5-1-3(6,7)11-4(8,9)2-10;1-9-3(8)10-2-4(5,6)11-7;1-5-2(3)4;3-2(4,1-6)7-5/h2-3H2,1H3;10H,1-2H2;2H2,1H3;1H3;6H,1H2. The van der Waals surface area contributed by atoms with Crippen LogP contribution in [0.1, 0.15) is 6.92 Å². The van der Waals surface area contributed by atoms with Gasteiger partial charge in [-0.3, -0.25) is 14.3 Å². The number of halogens is 17. The van der Waals surface area contributed by atoms with Gasteiger partial charge in [-0.15, -0.1) is 9.88 Å². The van der Waals surface area contributed by atoms with Gasteiger partial charge >= 0.3 is 54.2 Å². The first-order chi connectivity index (χ1) is 21.4. The van der Waals surface area contributed by atoms with Crippen LogP contribution in [0.15, 0.2) is 0 Å². The normalized spacial score (nSPS) is 11.8. The molecule has 292 valence electrons. The first-order valence-electron chi connectivity index (χ1n) is 10.6. The predicted molar refractivity (Wildman–Crippen MR) is 116 cm³/mol. The minimum atomic E-state index is -4.59. The minimum Gasteiger partial charge on any atom is -0.457 e. The molecule has 0 rings (SSSR count). The molecule has 0 aliphatic carbocycles. The van der Waals surface area contributed by atoms with Crippen LogP contribution in [0, 0.1) is 0 Å². The van der Waals surface area contributed by atoms with Gasteiger partial charge in [-0.05, 0) is 9.05 Å². The van der Waals surface area contributed by atoms with Gasteiger partial charge in [-0.25, -0.2) is 18.4 Å². The van der Waals surface area contributed by atoms with Crippen molar-refractivity contribution in [2.24, 2.45) is 0 Å². The quantitative estimate of drug-likeness (QED) is 0.0969. The zero-order chi connectivity index (χ0) is 39.6. The number of ether oxygens (including phenoxy) is 6. The monoisotopic (exact) mass is 786 g/mol. The van der Waals surface area contributed by atoms with Gasteiger partial charge in [-0.1, -0.05) is 0 Å². The molecular weight excluding hydrogens is 764 g/mol. The molecule has 0 saturated heterocycles. The van der Waals surface area contributed by atoms with Crippen LogP contribution in [0.25, 0.3) is 0 Å². The molecule has 0 fully saturated rings. The van der Waals surface area contributed by atoms with E-state index >= 15 is 0 Å². The summed E-state index contributed by atoms with van der Waals surface area (Å²) in [7, 11) is 2.14. The molecule has 30 heteroatoms. The molecular formula is C18H23ClF16O13. The summed E-state index contributed by atoms with van der Waals surface area (Å²) >= 11 is 4.60. The maximum Gasteiger partial charge on any atom is 0.508 e. The lowest BCUT2D eigenvalue weighted by Gasteiger charge is -2.20. The van der Waals surface area contributed by atoms with Crippen molar-refractivity contribution in [2.75, 3.05) is 54.0 Å². The fourth-order valence-electron chi connectivity index (χ4n) is 0.987. The highest BCUT2D eigenvalue weighted by atomic mass is 35.5. The van der Waals surface area contributed by atoms with E-state index in [0.29, 0.717) is 0 Å². The molecule has 0 heterocycles. The van der Waals surface area contributed by atoms with Crippen molar-refractivity contribution in [2.45, 2.75) is 43.6 Å². The number of carbonyl (C=O) groups excluding carboxylic acids is 3. The van der Waals surface area contributed by atoms with Gasteiger partial charge in [0.15, 0.2) is 26.6 Å². The van der Waals surface area contributed by atoms with Crippen LogP contribution >= 0.6 is 11.6 Å². The van der Waals surface area contributed by atoms with E-state index in [9.17, 15) is 84.9 Å². The van der Waals surface area contributed by atoms with E-state index in [0.717, 1.165) is 14.0 Å². The summed E-state index contributed by atoms with van der Waals surface area (Å²) in [5.41, 5.74) is -0.773. The smallest absolute Gasteiger partial charge is 0.457 e. The second-order valence-electron chi connectivity index (χ2n) is 6.73. The SMILES string of the molecule is CC(=O)OCC(F)(F)OC(F)(F)CF.COC(=O)Cl.COC(=O)OCC(F)(F)OF.OCC(F)(F)OC(F)(F)CF.OCC(F)(F)OF. The van der Waals surface area contributed by atoms with E-state index in [4.69, 9.17) is 10.2 Å². The topological polar surface area (TPSA) is 166 Å². The first kappa shape index (κ1) is 54.6. The number of rotatable bonds is 14. The number of aliphatic hydroxyl groups excluding tert-OH is 2. The summed E-state index contributed by atoms with van der Waals surface area (Å²) in [5.74, 6) is -1.09. The van der Waals surface area contributed by atoms with Crippen LogP contribution in [-0.4, -0.2) is 118 Å². The number of methoxy groups -OCH3 is 2. The van der Waals surface area contributed by atoms with E-state index in [-0.39, 0.29) is 0 Å². The molecule has 0 radical (unpaired) electrons. The number of aliphatic hydroxyl groups is 2. The number of esters is 1. The van der Waals surface area contributed by atoms with Gasteiger partial charge in [0.25, 0.3) is 0 Å². The van der Waals surface area contributed by atoms with Gasteiger partial charge in [0.2, 0.25) is 0 Å². The van der Waals surface area contributed by atoms with Gasteiger partial charge in [0.05, 0.1) is 14.2 Å². The van der Waals surface area contributed by atoms with Crippen LogP contribution < -0.4 is 0 Å². The first-order valence-corrected chi connectivity index (χ1v) is 11.0. The fourth-order valence-corrected chi connectivity index (χ4v) is 0.987. The Labute approximate surface area is 261 Å². The lowest BCUT2D eigenvalue weighted by molar-refractivity contribution is -0.385. The summed E-state index contributed by atoms with van der Waals surface area (Å²) in [4.78, 5) is 33.6. The molecule has 0 bridgehead atoms. The number of hydrogen-bond acceptors (Lipinski definition) is 13. The third-order valence-electron chi connectivity index (χ3n) is 2.63. The third kappa shape index (κ3) is 41.2. The maximum absolute atomic E-state index is 12.3. The molecule has 0 atom stereocenters. The van der Waals surface area contributed by atoms with Crippen molar-refractivity contribution < 1.29 is 133 Å². The second kappa shape index (κ2) is 26.1. The average molecular weight is 787 g/mol. The number of hydrogen-bond donors (Lipinski definition) is 2. The van der Waals surface area contributed by atoms with Crippen molar-refractivity contribution in [3.63, 3.8) is 0 Å². The van der Waals surface area contributed by atoms with E-state index < -0.39 is 94.0 Å². The Morgan fingerprint density at radius 3 is 1.15 bits per heavy atom. The van der Waals surface area contributed by atoms with Crippen molar-refractivity contribution in [1.82, 2.24) is 0 Å².